The van der Waals surface area contributed by atoms with Crippen molar-refractivity contribution >= 4 is 11.8 Å². The van der Waals surface area contributed by atoms with Crippen LogP contribution < -0.4 is 5.73 Å². The molecule has 2 aromatic rings. The molecular weight excluding hydrogens is 266 g/mol. The number of carbonyl (C=O) groups is 1. The van der Waals surface area contributed by atoms with Crippen molar-refractivity contribution in [3.63, 3.8) is 0 Å². The number of methoxy groups -OCH3 is 1. The summed E-state index contributed by atoms with van der Waals surface area (Å²) in [6.07, 6.45) is 0. The van der Waals surface area contributed by atoms with E-state index in [2.05, 4.69) is 5.10 Å². The number of nitrogens with zero attached hydrogens (tertiary/aromatic N) is 2. The lowest BCUT2D eigenvalue weighted by Gasteiger charge is -2.19. The van der Waals surface area contributed by atoms with Crippen molar-refractivity contribution in [3.8, 4) is 5.69 Å². The third kappa shape index (κ3) is 2.77. The van der Waals surface area contributed by atoms with Crippen molar-refractivity contribution in [2.45, 2.75) is 33.1 Å². The average Bonchev–Trinajstić information content (AvgIpc) is 2.76. The van der Waals surface area contributed by atoms with Gasteiger partial charge in [-0.3, -0.25) is 0 Å². The van der Waals surface area contributed by atoms with Crippen LogP contribution in [0, 0.1) is 6.92 Å². The first-order chi connectivity index (χ1) is 9.75. The second-order valence-electron chi connectivity index (χ2n) is 6.10. The Labute approximate surface area is 124 Å². The van der Waals surface area contributed by atoms with Gasteiger partial charge in [-0.15, -0.1) is 0 Å². The lowest BCUT2D eigenvalue weighted by atomic mass is 9.86. The van der Waals surface area contributed by atoms with Gasteiger partial charge >= 0.3 is 5.97 Å². The molecule has 0 amide bonds. The van der Waals surface area contributed by atoms with E-state index < -0.39 is 5.97 Å². The van der Waals surface area contributed by atoms with E-state index in [1.54, 1.807) is 4.68 Å². The highest BCUT2D eigenvalue weighted by Crippen LogP contribution is 2.33. The Bertz CT molecular complexity index is 664. The fourth-order valence-corrected chi connectivity index (χ4v) is 2.29. The normalized spacial score (nSPS) is 11.5. The summed E-state index contributed by atoms with van der Waals surface area (Å²) in [4.78, 5) is 12.0. The summed E-state index contributed by atoms with van der Waals surface area (Å²) in [5.74, 6) is -0.00996. The number of aromatic nitrogens is 2. The zero-order valence-corrected chi connectivity index (χ0v) is 13.1. The monoisotopic (exact) mass is 287 g/mol. The molecule has 5 nitrogen and oxygen atoms in total. The van der Waals surface area contributed by atoms with Gasteiger partial charge in [0, 0.05) is 5.56 Å². The van der Waals surface area contributed by atoms with E-state index in [9.17, 15) is 4.79 Å². The number of anilines is 1. The predicted molar refractivity (Wildman–Crippen MR) is 82.8 cm³/mol. The van der Waals surface area contributed by atoms with Crippen molar-refractivity contribution < 1.29 is 9.53 Å². The number of hydrogen-bond donors (Lipinski definition) is 1. The molecule has 1 aromatic heterocycles. The Morgan fingerprint density at radius 2 is 1.81 bits per heavy atom. The third-order valence-corrected chi connectivity index (χ3v) is 3.33. The van der Waals surface area contributed by atoms with E-state index >= 15 is 0 Å². The summed E-state index contributed by atoms with van der Waals surface area (Å²) >= 11 is 0. The Hall–Kier alpha value is -2.30. The van der Waals surface area contributed by atoms with Crippen LogP contribution in [0.4, 0.5) is 5.82 Å². The molecule has 0 atom stereocenters. The first kappa shape index (κ1) is 15.1. The molecule has 1 heterocycles. The molecule has 0 aliphatic carbocycles. The van der Waals surface area contributed by atoms with E-state index in [0.717, 1.165) is 11.3 Å². The first-order valence-electron chi connectivity index (χ1n) is 6.80. The van der Waals surface area contributed by atoms with Crippen LogP contribution >= 0.6 is 0 Å². The van der Waals surface area contributed by atoms with Gasteiger partial charge in [-0.25, -0.2) is 9.48 Å². The van der Waals surface area contributed by atoms with E-state index in [-0.39, 0.29) is 11.1 Å². The quantitative estimate of drug-likeness (QED) is 0.862. The zero-order valence-electron chi connectivity index (χ0n) is 13.1. The second kappa shape index (κ2) is 5.24. The van der Waals surface area contributed by atoms with Gasteiger partial charge in [-0.05, 0) is 24.5 Å². The number of hydrogen-bond acceptors (Lipinski definition) is 4. The maximum Gasteiger partial charge on any atom is 0.358 e. The number of esters is 1. The topological polar surface area (TPSA) is 70.1 Å². The van der Waals surface area contributed by atoms with Crippen LogP contribution in [-0.4, -0.2) is 22.9 Å². The van der Waals surface area contributed by atoms with Gasteiger partial charge in [-0.2, -0.15) is 5.10 Å². The largest absolute Gasteiger partial charge is 0.464 e. The van der Waals surface area contributed by atoms with E-state index in [0.29, 0.717) is 11.4 Å². The molecule has 0 unspecified atom stereocenters. The molecule has 0 saturated carbocycles. The SMILES string of the molecule is COC(=O)c1nn(-c2ccc(C)cc2)c(N)c1C(C)(C)C. The second-order valence-corrected chi connectivity index (χ2v) is 6.10. The van der Waals surface area contributed by atoms with Gasteiger partial charge in [0.2, 0.25) is 0 Å². The molecule has 5 heteroatoms. The number of carbonyl (C=O) groups excluding carboxylic acids is 1. The molecule has 0 aliphatic rings. The Balaban J connectivity index is 2.67. The van der Waals surface area contributed by atoms with Gasteiger partial charge in [0.25, 0.3) is 0 Å². The molecule has 1 aromatic carbocycles. The van der Waals surface area contributed by atoms with Crippen LogP contribution in [-0.2, 0) is 10.2 Å². The highest BCUT2D eigenvalue weighted by atomic mass is 16.5. The van der Waals surface area contributed by atoms with Gasteiger partial charge < -0.3 is 10.5 Å². The van der Waals surface area contributed by atoms with E-state index in [1.165, 1.54) is 7.11 Å². The number of nitrogens with two attached hydrogens (primary N) is 1. The maximum absolute atomic E-state index is 12.0. The Kier molecular flexibility index (Phi) is 3.77. The van der Waals surface area contributed by atoms with Crippen molar-refractivity contribution in [3.05, 3.63) is 41.1 Å². The predicted octanol–water partition coefficient (Wildman–Crippen LogP) is 2.85. The van der Waals surface area contributed by atoms with Gasteiger partial charge in [0.05, 0.1) is 12.8 Å². The Morgan fingerprint density at radius 3 is 2.29 bits per heavy atom. The van der Waals surface area contributed by atoms with Gasteiger partial charge in [0.1, 0.15) is 5.82 Å². The highest BCUT2D eigenvalue weighted by Gasteiger charge is 2.30. The van der Waals surface area contributed by atoms with Crippen molar-refractivity contribution in [2.75, 3.05) is 12.8 Å². The number of benzene rings is 1. The fourth-order valence-electron chi connectivity index (χ4n) is 2.29. The Morgan fingerprint density at radius 1 is 1.24 bits per heavy atom. The smallest absolute Gasteiger partial charge is 0.358 e. The van der Waals surface area contributed by atoms with E-state index in [4.69, 9.17) is 10.5 Å². The molecule has 0 fully saturated rings. The van der Waals surface area contributed by atoms with Crippen molar-refractivity contribution in [1.29, 1.82) is 0 Å². The lowest BCUT2D eigenvalue weighted by Crippen LogP contribution is -2.18. The number of nitrogen functional groups attached to an aromatic ring is 1. The minimum Gasteiger partial charge on any atom is -0.464 e. The number of aryl methyl sites for hydroxylation is 1. The highest BCUT2D eigenvalue weighted by molar-refractivity contribution is 5.91. The molecular formula is C16H21N3O2. The minimum absolute atomic E-state index is 0.267. The van der Waals surface area contributed by atoms with Crippen LogP contribution in [0.25, 0.3) is 5.69 Å². The summed E-state index contributed by atoms with van der Waals surface area (Å²) in [6.45, 7) is 7.99. The lowest BCUT2D eigenvalue weighted by molar-refractivity contribution is 0.0590. The first-order valence-corrected chi connectivity index (χ1v) is 6.80. The molecule has 0 saturated heterocycles. The number of rotatable bonds is 2. The van der Waals surface area contributed by atoms with Crippen LogP contribution in [0.5, 0.6) is 0 Å². The summed E-state index contributed by atoms with van der Waals surface area (Å²) in [5.41, 5.74) is 8.87. The minimum atomic E-state index is -0.475. The van der Waals surface area contributed by atoms with Gasteiger partial charge in [0.15, 0.2) is 5.69 Å². The summed E-state index contributed by atoms with van der Waals surface area (Å²) in [6, 6.07) is 7.80. The molecule has 0 aliphatic heterocycles. The molecule has 2 N–H and O–H groups in total. The van der Waals surface area contributed by atoms with Gasteiger partial charge in [-0.1, -0.05) is 38.5 Å². The third-order valence-electron chi connectivity index (χ3n) is 3.33. The molecule has 0 bridgehead atoms. The number of ether oxygens (including phenoxy) is 1. The van der Waals surface area contributed by atoms with E-state index in [1.807, 2.05) is 52.0 Å². The molecule has 0 spiro atoms. The van der Waals surface area contributed by atoms with Crippen LogP contribution in [0.2, 0.25) is 0 Å². The summed E-state index contributed by atoms with van der Waals surface area (Å²) in [7, 11) is 1.34. The molecule has 0 radical (unpaired) electrons. The molecule has 112 valence electrons. The standard InChI is InChI=1S/C16H21N3O2/c1-10-6-8-11(9-7-10)19-14(17)12(16(2,3)4)13(18-19)15(20)21-5/h6-9H,17H2,1-5H3. The van der Waals surface area contributed by atoms with Crippen molar-refractivity contribution in [2.24, 2.45) is 0 Å². The van der Waals surface area contributed by atoms with Crippen molar-refractivity contribution in [1.82, 2.24) is 9.78 Å². The summed E-state index contributed by atoms with van der Waals surface area (Å²) < 4.78 is 6.41. The zero-order chi connectivity index (χ0) is 15.8. The molecule has 21 heavy (non-hydrogen) atoms. The fraction of sp³-hybridized carbons (Fsp3) is 0.375. The summed E-state index contributed by atoms with van der Waals surface area (Å²) in [5, 5.41) is 4.36. The molecule has 2 rings (SSSR count). The van der Waals surface area contributed by atoms with Crippen LogP contribution in [0.1, 0.15) is 42.4 Å². The van der Waals surface area contributed by atoms with Crippen LogP contribution in [0.3, 0.4) is 0 Å². The average molecular weight is 287 g/mol. The maximum atomic E-state index is 12.0. The van der Waals surface area contributed by atoms with Crippen LogP contribution in [0.15, 0.2) is 24.3 Å².